The summed E-state index contributed by atoms with van der Waals surface area (Å²) >= 11 is 3.47. The van der Waals surface area contributed by atoms with Gasteiger partial charge < -0.3 is 9.84 Å². The molecule has 1 rings (SSSR count). The summed E-state index contributed by atoms with van der Waals surface area (Å²) in [6.07, 6.45) is 0.918. The van der Waals surface area contributed by atoms with Crippen molar-refractivity contribution in [2.45, 2.75) is 39.0 Å². The van der Waals surface area contributed by atoms with Crippen LogP contribution in [0.15, 0.2) is 16.6 Å². The minimum absolute atomic E-state index is 0.0724. The number of carboxylic acids is 1. The van der Waals surface area contributed by atoms with E-state index in [9.17, 15) is 4.79 Å². The number of hydrogen-bond donors (Lipinski definition) is 1. The van der Waals surface area contributed by atoms with E-state index < -0.39 is 11.4 Å². The summed E-state index contributed by atoms with van der Waals surface area (Å²) in [5, 5.41) is 9.02. The largest absolute Gasteiger partial charge is 0.496 e. The zero-order valence-electron chi connectivity index (χ0n) is 11.2. The number of hydrogen-bond acceptors (Lipinski definition) is 2. The molecule has 1 N–H and O–H groups in total. The summed E-state index contributed by atoms with van der Waals surface area (Å²) in [5.74, 6) is -0.00738. The molecule has 0 atom stereocenters. The van der Waals surface area contributed by atoms with Crippen molar-refractivity contribution in [2.24, 2.45) is 0 Å². The van der Waals surface area contributed by atoms with Crippen LogP contribution in [0.4, 0.5) is 0 Å². The van der Waals surface area contributed by atoms with Gasteiger partial charge in [0.2, 0.25) is 0 Å². The second kappa shape index (κ2) is 5.74. The molecule has 0 aliphatic rings. The second-order valence-corrected chi connectivity index (χ2v) is 5.87. The molecule has 4 heteroatoms. The molecule has 0 aliphatic heterocycles. The van der Waals surface area contributed by atoms with Crippen molar-refractivity contribution in [1.82, 2.24) is 0 Å². The first-order chi connectivity index (χ1) is 8.31. The van der Waals surface area contributed by atoms with Gasteiger partial charge in [0.15, 0.2) is 0 Å². The van der Waals surface area contributed by atoms with Gasteiger partial charge in [-0.15, -0.1) is 0 Å². The number of carboxylic acid groups (broad SMARTS) is 1. The highest BCUT2D eigenvalue weighted by atomic mass is 79.9. The van der Waals surface area contributed by atoms with Crippen LogP contribution in [-0.4, -0.2) is 18.2 Å². The highest BCUT2D eigenvalue weighted by molar-refractivity contribution is 9.10. The summed E-state index contributed by atoms with van der Waals surface area (Å²) in [7, 11) is 1.63. The molecule has 0 saturated heterocycles. The van der Waals surface area contributed by atoms with Crippen LogP contribution in [0.25, 0.3) is 0 Å². The molecule has 0 aromatic heterocycles. The Labute approximate surface area is 116 Å². The van der Waals surface area contributed by atoms with Crippen molar-refractivity contribution in [1.29, 1.82) is 0 Å². The third-order valence-corrected chi connectivity index (χ3v) is 3.50. The molecular formula is C14H19BrO3. The number of benzene rings is 1. The zero-order chi connectivity index (χ0) is 13.9. The number of rotatable bonds is 5. The lowest BCUT2D eigenvalue weighted by Crippen LogP contribution is -2.23. The monoisotopic (exact) mass is 314 g/mol. The average molecular weight is 315 g/mol. The summed E-state index contributed by atoms with van der Waals surface area (Å²) in [5.41, 5.74) is 1.55. The van der Waals surface area contributed by atoms with E-state index in [1.807, 2.05) is 26.0 Å². The van der Waals surface area contributed by atoms with E-state index in [0.717, 1.165) is 27.8 Å². The fourth-order valence-corrected chi connectivity index (χ4v) is 2.63. The summed E-state index contributed by atoms with van der Waals surface area (Å²) in [4.78, 5) is 11.0. The quantitative estimate of drug-likeness (QED) is 0.899. The van der Waals surface area contributed by atoms with Gasteiger partial charge in [-0.05, 0) is 24.1 Å². The van der Waals surface area contributed by atoms with Crippen molar-refractivity contribution in [3.63, 3.8) is 0 Å². The Hall–Kier alpha value is -1.03. The number of ether oxygens (including phenoxy) is 1. The summed E-state index contributed by atoms with van der Waals surface area (Å²) in [6, 6.07) is 3.96. The van der Waals surface area contributed by atoms with E-state index >= 15 is 0 Å². The van der Waals surface area contributed by atoms with Crippen LogP contribution in [-0.2, 0) is 16.6 Å². The van der Waals surface area contributed by atoms with Gasteiger partial charge in [0.1, 0.15) is 5.75 Å². The Morgan fingerprint density at radius 2 is 2.06 bits per heavy atom. The number of aryl methyl sites for hydroxylation is 1. The molecule has 0 saturated carbocycles. The average Bonchev–Trinajstić information content (AvgIpc) is 2.26. The Bertz CT molecular complexity index is 453. The molecular weight excluding hydrogens is 296 g/mol. The Morgan fingerprint density at radius 1 is 1.44 bits per heavy atom. The molecule has 1 aromatic rings. The van der Waals surface area contributed by atoms with Crippen LogP contribution in [0.1, 0.15) is 38.3 Å². The van der Waals surface area contributed by atoms with E-state index in [1.165, 1.54) is 0 Å². The van der Waals surface area contributed by atoms with E-state index in [1.54, 1.807) is 7.11 Å². The molecule has 3 nitrogen and oxygen atoms in total. The standard InChI is InChI=1S/C14H19BrO3/c1-5-9-6-10(15)7-11(13(9)18-4)14(2,3)8-12(16)17/h6-7H,5,8H2,1-4H3,(H,16,17). The van der Waals surface area contributed by atoms with Gasteiger partial charge in [-0.2, -0.15) is 0 Å². The van der Waals surface area contributed by atoms with Crippen molar-refractivity contribution in [2.75, 3.05) is 7.11 Å². The van der Waals surface area contributed by atoms with Gasteiger partial charge >= 0.3 is 5.97 Å². The van der Waals surface area contributed by atoms with E-state index in [0.29, 0.717) is 0 Å². The number of carbonyl (C=O) groups is 1. The van der Waals surface area contributed by atoms with E-state index in [2.05, 4.69) is 22.9 Å². The number of aliphatic carboxylic acids is 1. The van der Waals surface area contributed by atoms with Crippen LogP contribution in [0.5, 0.6) is 5.75 Å². The predicted octanol–water partition coefficient (Wildman–Crippen LogP) is 3.77. The third kappa shape index (κ3) is 3.25. The number of halogens is 1. The third-order valence-electron chi connectivity index (χ3n) is 3.04. The van der Waals surface area contributed by atoms with Crippen molar-refractivity contribution in [3.05, 3.63) is 27.7 Å². The van der Waals surface area contributed by atoms with Crippen LogP contribution >= 0.6 is 15.9 Å². The van der Waals surface area contributed by atoms with Crippen LogP contribution in [0.2, 0.25) is 0 Å². The minimum Gasteiger partial charge on any atom is -0.496 e. The molecule has 18 heavy (non-hydrogen) atoms. The van der Waals surface area contributed by atoms with Gasteiger partial charge in [0, 0.05) is 15.5 Å². The fourth-order valence-electron chi connectivity index (χ4n) is 2.13. The molecule has 1 aromatic carbocycles. The molecule has 100 valence electrons. The maximum absolute atomic E-state index is 11.0. The molecule has 0 amide bonds. The highest BCUT2D eigenvalue weighted by Gasteiger charge is 2.28. The maximum Gasteiger partial charge on any atom is 0.304 e. The molecule has 0 fully saturated rings. The van der Waals surface area contributed by atoms with Crippen LogP contribution in [0.3, 0.4) is 0 Å². The summed E-state index contributed by atoms with van der Waals surface area (Å²) in [6.45, 7) is 5.90. The van der Waals surface area contributed by atoms with Crippen molar-refractivity contribution in [3.8, 4) is 5.75 Å². The normalized spacial score (nSPS) is 11.4. The van der Waals surface area contributed by atoms with Crippen molar-refractivity contribution >= 4 is 21.9 Å². The Kier molecular flexibility index (Phi) is 4.79. The summed E-state index contributed by atoms with van der Waals surface area (Å²) < 4.78 is 6.43. The minimum atomic E-state index is -0.805. The molecule has 0 bridgehead atoms. The van der Waals surface area contributed by atoms with Gasteiger partial charge in [-0.1, -0.05) is 36.7 Å². The lowest BCUT2D eigenvalue weighted by molar-refractivity contribution is -0.138. The first-order valence-corrected chi connectivity index (χ1v) is 6.69. The van der Waals surface area contributed by atoms with Gasteiger partial charge in [-0.25, -0.2) is 0 Å². The molecule has 0 aliphatic carbocycles. The first kappa shape index (κ1) is 15.0. The molecule has 0 spiro atoms. The molecule has 0 unspecified atom stereocenters. The highest BCUT2D eigenvalue weighted by Crippen LogP contribution is 2.39. The number of methoxy groups -OCH3 is 1. The van der Waals surface area contributed by atoms with Crippen molar-refractivity contribution < 1.29 is 14.6 Å². The topological polar surface area (TPSA) is 46.5 Å². The van der Waals surface area contributed by atoms with E-state index in [4.69, 9.17) is 9.84 Å². The van der Waals surface area contributed by atoms with Gasteiger partial charge in [0.25, 0.3) is 0 Å². The van der Waals surface area contributed by atoms with Gasteiger partial charge in [-0.3, -0.25) is 4.79 Å². The van der Waals surface area contributed by atoms with E-state index in [-0.39, 0.29) is 6.42 Å². The van der Waals surface area contributed by atoms with Crippen LogP contribution < -0.4 is 4.74 Å². The smallest absolute Gasteiger partial charge is 0.304 e. The maximum atomic E-state index is 11.0. The van der Waals surface area contributed by atoms with Crippen LogP contribution in [0, 0.1) is 0 Å². The predicted molar refractivity (Wildman–Crippen MR) is 75.4 cm³/mol. The SMILES string of the molecule is CCc1cc(Br)cc(C(C)(C)CC(=O)O)c1OC. The fraction of sp³-hybridized carbons (Fsp3) is 0.500. The first-order valence-electron chi connectivity index (χ1n) is 5.90. The van der Waals surface area contributed by atoms with Gasteiger partial charge in [0.05, 0.1) is 13.5 Å². The lowest BCUT2D eigenvalue weighted by Gasteiger charge is -2.27. The Morgan fingerprint density at radius 3 is 2.50 bits per heavy atom. The molecule has 0 heterocycles. The Balaban J connectivity index is 3.38. The lowest BCUT2D eigenvalue weighted by atomic mass is 9.80. The molecule has 0 radical (unpaired) electrons. The zero-order valence-corrected chi connectivity index (χ0v) is 12.8. The second-order valence-electron chi connectivity index (χ2n) is 4.95.